The summed E-state index contributed by atoms with van der Waals surface area (Å²) in [5.74, 6) is 4.06. The summed E-state index contributed by atoms with van der Waals surface area (Å²) < 4.78 is 0. The van der Waals surface area contributed by atoms with Gasteiger partial charge in [-0.15, -0.1) is 11.6 Å². The molecule has 4 aliphatic carbocycles. The minimum Gasteiger partial charge on any atom is -0.299 e. The fourth-order valence-corrected chi connectivity index (χ4v) is 5.37. The van der Waals surface area contributed by atoms with Crippen LogP contribution in [0.25, 0.3) is 0 Å². The van der Waals surface area contributed by atoms with Gasteiger partial charge in [-0.05, 0) is 47.3 Å². The molecule has 0 aliphatic heterocycles. The second kappa shape index (κ2) is 5.06. The lowest BCUT2D eigenvalue weighted by Gasteiger charge is -2.14. The van der Waals surface area contributed by atoms with Gasteiger partial charge in [-0.3, -0.25) is 9.59 Å². The summed E-state index contributed by atoms with van der Waals surface area (Å²) in [7, 11) is 0. The molecule has 0 aromatic rings. The third-order valence-corrected chi connectivity index (χ3v) is 7.81. The minimum absolute atomic E-state index is 0.182. The number of fused-ring (bicyclic) bond motifs is 2. The molecule has 2 nitrogen and oxygen atoms in total. The predicted octanol–water partition coefficient (Wildman–Crippen LogP) is 4.49. The van der Waals surface area contributed by atoms with Crippen LogP contribution in [0.1, 0.15) is 60.3 Å². The Morgan fingerprint density at radius 3 is 1.73 bits per heavy atom. The Balaban J connectivity index is 0.000000131. The lowest BCUT2D eigenvalue weighted by atomic mass is 9.90. The van der Waals surface area contributed by atoms with E-state index < -0.39 is 0 Å². The highest BCUT2D eigenvalue weighted by molar-refractivity contribution is 6.31. The molecule has 0 saturated heterocycles. The number of rotatable bonds is 0. The monoisotopic (exact) mass is 324 g/mol. The van der Waals surface area contributed by atoms with Gasteiger partial charge in [0, 0.05) is 18.8 Å². The van der Waals surface area contributed by atoms with Crippen molar-refractivity contribution in [1.29, 1.82) is 0 Å². The van der Waals surface area contributed by atoms with Gasteiger partial charge in [0.25, 0.3) is 0 Å². The maximum absolute atomic E-state index is 11.3. The minimum atomic E-state index is -0.182. The van der Waals surface area contributed by atoms with Gasteiger partial charge in [-0.2, -0.15) is 0 Å². The van der Waals surface area contributed by atoms with E-state index in [0.29, 0.717) is 28.4 Å². The molecule has 0 bridgehead atoms. The number of ketones is 2. The van der Waals surface area contributed by atoms with E-state index in [0.717, 1.165) is 43.4 Å². The summed E-state index contributed by atoms with van der Waals surface area (Å²) in [6, 6.07) is 0. The standard InChI is InChI=1S/C10H16O.C9H13ClO/c1-6-4-7-8(5-9(6)11)10(7,2)3;1-9(2)5-3-7(10)8(11)4-6(5)9/h6-8H,4-5H2,1-3H3;5-7H,3-4H2,1-2H3/t6-,7-,8+;5-,6+,7-/m11/s1. The van der Waals surface area contributed by atoms with E-state index in [4.69, 9.17) is 11.6 Å². The molecule has 0 unspecified atom stereocenters. The predicted molar refractivity (Wildman–Crippen MR) is 88.8 cm³/mol. The first-order valence-electron chi connectivity index (χ1n) is 8.76. The third kappa shape index (κ3) is 2.56. The molecule has 4 aliphatic rings. The van der Waals surface area contributed by atoms with E-state index in [9.17, 15) is 9.59 Å². The van der Waals surface area contributed by atoms with Gasteiger partial charge in [-0.25, -0.2) is 0 Å². The summed E-state index contributed by atoms with van der Waals surface area (Å²) in [6.45, 7) is 11.2. The van der Waals surface area contributed by atoms with Crippen LogP contribution in [0.2, 0.25) is 0 Å². The zero-order chi connectivity index (χ0) is 16.4. The van der Waals surface area contributed by atoms with Crippen LogP contribution in [0.4, 0.5) is 0 Å². The zero-order valence-electron chi connectivity index (χ0n) is 14.5. The molecule has 3 heteroatoms. The number of hydrogen-bond donors (Lipinski definition) is 0. The van der Waals surface area contributed by atoms with E-state index >= 15 is 0 Å². The lowest BCUT2D eigenvalue weighted by Crippen LogP contribution is -2.20. The van der Waals surface area contributed by atoms with Crippen molar-refractivity contribution in [3.05, 3.63) is 0 Å². The van der Waals surface area contributed by atoms with Gasteiger partial charge < -0.3 is 0 Å². The summed E-state index contributed by atoms with van der Waals surface area (Å²) in [5, 5.41) is -0.182. The van der Waals surface area contributed by atoms with Crippen LogP contribution in [0, 0.1) is 40.4 Å². The Kier molecular flexibility index (Phi) is 3.79. The van der Waals surface area contributed by atoms with Crippen LogP contribution in [0.15, 0.2) is 0 Å². The first-order valence-corrected chi connectivity index (χ1v) is 9.20. The Hall–Kier alpha value is -0.370. The van der Waals surface area contributed by atoms with E-state index in [1.54, 1.807) is 0 Å². The fraction of sp³-hybridized carbons (Fsp3) is 0.895. The smallest absolute Gasteiger partial charge is 0.150 e. The Bertz CT molecular complexity index is 462. The number of carbonyl (C=O) groups excluding carboxylic acids is 2. The highest BCUT2D eigenvalue weighted by atomic mass is 35.5. The number of halogens is 1. The summed E-state index contributed by atoms with van der Waals surface area (Å²) >= 11 is 5.87. The molecule has 6 atom stereocenters. The maximum Gasteiger partial charge on any atom is 0.150 e. The first-order chi connectivity index (χ1) is 10.1. The molecular formula is C19H29ClO2. The van der Waals surface area contributed by atoms with E-state index in [2.05, 4.69) is 34.6 Å². The van der Waals surface area contributed by atoms with Gasteiger partial charge in [0.05, 0.1) is 5.38 Å². The number of hydrogen-bond acceptors (Lipinski definition) is 2. The van der Waals surface area contributed by atoms with Crippen molar-refractivity contribution < 1.29 is 9.59 Å². The Labute approximate surface area is 139 Å². The number of carbonyl (C=O) groups is 2. The molecule has 0 radical (unpaired) electrons. The van der Waals surface area contributed by atoms with E-state index in [1.165, 1.54) is 0 Å². The topological polar surface area (TPSA) is 34.1 Å². The molecule has 0 N–H and O–H groups in total. The van der Waals surface area contributed by atoms with E-state index in [1.807, 2.05) is 0 Å². The van der Waals surface area contributed by atoms with Crippen molar-refractivity contribution in [3.63, 3.8) is 0 Å². The highest BCUT2D eigenvalue weighted by Gasteiger charge is 2.61. The van der Waals surface area contributed by atoms with Crippen molar-refractivity contribution >= 4 is 23.2 Å². The van der Waals surface area contributed by atoms with Crippen LogP contribution >= 0.6 is 11.6 Å². The molecule has 4 saturated carbocycles. The van der Waals surface area contributed by atoms with Gasteiger partial charge in [0.15, 0.2) is 5.78 Å². The van der Waals surface area contributed by atoms with Crippen LogP contribution in [-0.2, 0) is 9.59 Å². The maximum atomic E-state index is 11.3. The van der Waals surface area contributed by atoms with Crippen LogP contribution in [0.3, 0.4) is 0 Å². The molecule has 22 heavy (non-hydrogen) atoms. The molecule has 4 fully saturated rings. The molecule has 0 aromatic carbocycles. The Morgan fingerprint density at radius 2 is 1.27 bits per heavy atom. The fourth-order valence-electron chi connectivity index (χ4n) is 5.09. The molecule has 4 rings (SSSR count). The molecule has 0 aromatic heterocycles. The average Bonchev–Trinajstić information content (AvgIpc) is 3.14. The Morgan fingerprint density at radius 1 is 0.818 bits per heavy atom. The normalized spacial score (nSPS) is 46.8. The quantitative estimate of drug-likeness (QED) is 0.615. The third-order valence-electron chi connectivity index (χ3n) is 7.39. The van der Waals surface area contributed by atoms with Crippen LogP contribution in [-0.4, -0.2) is 16.9 Å². The molecule has 124 valence electrons. The van der Waals surface area contributed by atoms with Gasteiger partial charge >= 0.3 is 0 Å². The molecule has 0 spiro atoms. The second-order valence-electron chi connectivity index (χ2n) is 9.25. The second-order valence-corrected chi connectivity index (χ2v) is 9.78. The SMILES string of the molecule is CC1(C)[C@@H]2C[C@@H](Cl)C(=O)C[C@@H]21.C[C@@H]1C[C@@H]2[C@H](CC1=O)C2(C)C. The van der Waals surface area contributed by atoms with Gasteiger partial charge in [0.2, 0.25) is 0 Å². The molecule has 0 heterocycles. The van der Waals surface area contributed by atoms with Crippen molar-refractivity contribution in [3.8, 4) is 0 Å². The van der Waals surface area contributed by atoms with Crippen LogP contribution < -0.4 is 0 Å². The number of Topliss-reactive ketones (excluding diaryl/α,β-unsaturated/α-hetero) is 2. The van der Waals surface area contributed by atoms with Crippen molar-refractivity contribution in [2.75, 3.05) is 0 Å². The van der Waals surface area contributed by atoms with Crippen molar-refractivity contribution in [1.82, 2.24) is 0 Å². The molecular weight excluding hydrogens is 296 g/mol. The first kappa shape index (κ1) is 16.5. The van der Waals surface area contributed by atoms with Gasteiger partial charge in [-0.1, -0.05) is 34.6 Å². The van der Waals surface area contributed by atoms with Crippen LogP contribution in [0.5, 0.6) is 0 Å². The van der Waals surface area contributed by atoms with Crippen molar-refractivity contribution in [2.45, 2.75) is 65.7 Å². The van der Waals surface area contributed by atoms with Gasteiger partial charge in [0.1, 0.15) is 5.78 Å². The largest absolute Gasteiger partial charge is 0.299 e. The zero-order valence-corrected chi connectivity index (χ0v) is 15.2. The summed E-state index contributed by atoms with van der Waals surface area (Å²) in [5.41, 5.74) is 0.889. The van der Waals surface area contributed by atoms with E-state index in [-0.39, 0.29) is 11.2 Å². The lowest BCUT2D eigenvalue weighted by molar-refractivity contribution is -0.124. The summed E-state index contributed by atoms with van der Waals surface area (Å²) in [6.07, 6.45) is 3.65. The summed E-state index contributed by atoms with van der Waals surface area (Å²) in [4.78, 5) is 22.5. The highest BCUT2D eigenvalue weighted by Crippen LogP contribution is 2.65. The van der Waals surface area contributed by atoms with Crippen molar-refractivity contribution in [2.24, 2.45) is 40.4 Å². The average molecular weight is 325 g/mol. The number of alkyl halides is 1. The molecule has 0 amide bonds.